The molecule has 2 aromatic carbocycles. The lowest BCUT2D eigenvalue weighted by Gasteiger charge is -2.30. The maximum absolute atomic E-state index is 12.9. The molecule has 10 heteroatoms. The van der Waals surface area contributed by atoms with Crippen LogP contribution in [-0.2, 0) is 14.3 Å². The number of amides is 3. The number of rotatable bonds is 7. The Morgan fingerprint density at radius 3 is 2.47 bits per heavy atom. The first-order valence-corrected chi connectivity index (χ1v) is 12.9. The van der Waals surface area contributed by atoms with Gasteiger partial charge in [0.15, 0.2) is 5.78 Å². The number of thioether (sulfide) groups is 1. The van der Waals surface area contributed by atoms with E-state index in [1.807, 2.05) is 18.2 Å². The van der Waals surface area contributed by atoms with Crippen LogP contribution in [-0.4, -0.2) is 60.6 Å². The molecule has 1 N–H and O–H groups in total. The maximum atomic E-state index is 12.9. The topological polar surface area (TPSA) is 109 Å². The van der Waals surface area contributed by atoms with Crippen LogP contribution in [0.3, 0.4) is 0 Å². The van der Waals surface area contributed by atoms with Gasteiger partial charge in [-0.2, -0.15) is 0 Å². The molecule has 3 amide bonds. The number of nitrogens with zero attached hydrogens (tertiary/aromatic N) is 2. The first kappa shape index (κ1) is 25.5. The molecule has 3 aromatic rings. The van der Waals surface area contributed by atoms with Crippen LogP contribution in [0.25, 0.3) is 17.4 Å². The zero-order valence-electron chi connectivity index (χ0n) is 20.6. The Balaban J connectivity index is 1.25. The first-order chi connectivity index (χ1) is 18.4. The highest BCUT2D eigenvalue weighted by atomic mass is 32.2. The van der Waals surface area contributed by atoms with E-state index in [-0.39, 0.29) is 10.7 Å². The lowest BCUT2D eigenvalue weighted by Crippen LogP contribution is -2.38. The molecule has 2 aliphatic heterocycles. The number of hydrogen-bond acceptors (Lipinski definition) is 8. The van der Waals surface area contributed by atoms with Crippen molar-refractivity contribution in [3.63, 3.8) is 0 Å². The average molecular weight is 532 g/mol. The van der Waals surface area contributed by atoms with E-state index < -0.39 is 23.6 Å². The van der Waals surface area contributed by atoms with Gasteiger partial charge in [-0.3, -0.25) is 24.1 Å². The summed E-state index contributed by atoms with van der Waals surface area (Å²) in [5.41, 5.74) is 2.85. The van der Waals surface area contributed by atoms with E-state index in [1.54, 1.807) is 42.5 Å². The molecule has 2 saturated heterocycles. The number of ketones is 1. The minimum atomic E-state index is -0.555. The summed E-state index contributed by atoms with van der Waals surface area (Å²) in [4.78, 5) is 53.0. The van der Waals surface area contributed by atoms with E-state index in [9.17, 15) is 19.2 Å². The molecular weight excluding hydrogens is 506 g/mol. The Morgan fingerprint density at radius 2 is 1.74 bits per heavy atom. The zero-order valence-corrected chi connectivity index (χ0v) is 21.5. The van der Waals surface area contributed by atoms with Crippen LogP contribution in [0, 0.1) is 0 Å². The fourth-order valence-corrected chi connectivity index (χ4v) is 5.03. The van der Waals surface area contributed by atoms with E-state index in [4.69, 9.17) is 9.15 Å². The third-order valence-electron chi connectivity index (χ3n) is 6.18. The number of benzene rings is 2. The summed E-state index contributed by atoms with van der Waals surface area (Å²) in [6.45, 7) is 3.73. The van der Waals surface area contributed by atoms with Crippen LogP contribution < -0.4 is 10.2 Å². The van der Waals surface area contributed by atoms with Crippen LogP contribution >= 0.6 is 11.8 Å². The maximum Gasteiger partial charge on any atom is 0.294 e. The quantitative estimate of drug-likeness (QED) is 0.346. The predicted octanol–water partition coefficient (Wildman–Crippen LogP) is 4.66. The van der Waals surface area contributed by atoms with Gasteiger partial charge in [0.25, 0.3) is 11.1 Å². The molecule has 0 atom stereocenters. The van der Waals surface area contributed by atoms with E-state index >= 15 is 0 Å². The third kappa shape index (κ3) is 5.56. The molecular formula is C28H25N3O6S. The van der Waals surface area contributed by atoms with Gasteiger partial charge < -0.3 is 19.4 Å². The van der Waals surface area contributed by atoms with Gasteiger partial charge >= 0.3 is 0 Å². The van der Waals surface area contributed by atoms with Crippen molar-refractivity contribution in [3.8, 4) is 11.3 Å². The van der Waals surface area contributed by atoms with Crippen LogP contribution in [0.15, 0.2) is 70.0 Å². The molecule has 0 spiro atoms. The Kier molecular flexibility index (Phi) is 7.43. The monoisotopic (exact) mass is 531 g/mol. The number of ether oxygens (including phenoxy) is 1. The summed E-state index contributed by atoms with van der Waals surface area (Å²) in [6.07, 6.45) is 1.49. The molecule has 0 aliphatic carbocycles. The lowest BCUT2D eigenvalue weighted by atomic mass is 10.1. The fourth-order valence-electron chi connectivity index (χ4n) is 4.21. The molecule has 0 saturated carbocycles. The first-order valence-electron chi connectivity index (χ1n) is 12.1. The summed E-state index contributed by atoms with van der Waals surface area (Å²) in [6, 6.07) is 17.9. The minimum absolute atomic E-state index is 0.0256. The number of carbonyl (C=O) groups is 4. The summed E-state index contributed by atoms with van der Waals surface area (Å²) in [5, 5.41) is 2.31. The summed E-state index contributed by atoms with van der Waals surface area (Å²) >= 11 is 0.760. The number of furan rings is 1. The van der Waals surface area contributed by atoms with Crippen LogP contribution in [0.2, 0.25) is 0 Å². The number of nitrogens with one attached hydrogen (secondary N) is 1. The Morgan fingerprint density at radius 1 is 1.00 bits per heavy atom. The van der Waals surface area contributed by atoms with Crippen molar-refractivity contribution in [2.45, 2.75) is 6.92 Å². The minimum Gasteiger partial charge on any atom is -0.457 e. The van der Waals surface area contributed by atoms with Gasteiger partial charge in [0.05, 0.1) is 29.5 Å². The molecule has 2 aliphatic rings. The summed E-state index contributed by atoms with van der Waals surface area (Å²) in [7, 11) is 0. The van der Waals surface area contributed by atoms with Crippen LogP contribution in [0.1, 0.15) is 23.0 Å². The predicted molar refractivity (Wildman–Crippen MR) is 145 cm³/mol. The van der Waals surface area contributed by atoms with Crippen molar-refractivity contribution in [3.05, 3.63) is 76.9 Å². The normalized spacial score (nSPS) is 16.8. The Hall–Kier alpha value is -4.15. The van der Waals surface area contributed by atoms with Crippen LogP contribution in [0.5, 0.6) is 0 Å². The van der Waals surface area contributed by atoms with Gasteiger partial charge in [-0.15, -0.1) is 0 Å². The van der Waals surface area contributed by atoms with Crippen LogP contribution in [0.4, 0.5) is 16.2 Å². The second-order valence-corrected chi connectivity index (χ2v) is 9.76. The number of hydrogen-bond donors (Lipinski definition) is 1. The number of carbonyl (C=O) groups excluding carboxylic acids is 4. The lowest BCUT2D eigenvalue weighted by molar-refractivity contribution is -0.127. The molecule has 2 fully saturated rings. The smallest absolute Gasteiger partial charge is 0.294 e. The molecule has 1 aromatic heterocycles. The summed E-state index contributed by atoms with van der Waals surface area (Å²) < 4.78 is 11.2. The van der Waals surface area contributed by atoms with E-state index in [1.165, 1.54) is 13.0 Å². The fraction of sp³-hybridized carbons (Fsp3) is 0.214. The second-order valence-electron chi connectivity index (χ2n) is 8.77. The molecule has 38 heavy (non-hydrogen) atoms. The summed E-state index contributed by atoms with van der Waals surface area (Å²) in [5.74, 6) is -0.0970. The molecule has 0 radical (unpaired) electrons. The molecule has 0 unspecified atom stereocenters. The van der Waals surface area contributed by atoms with Gasteiger partial charge in [0, 0.05) is 30.3 Å². The van der Waals surface area contributed by atoms with Crippen molar-refractivity contribution in [2.24, 2.45) is 0 Å². The molecule has 194 valence electrons. The van der Waals surface area contributed by atoms with Crippen molar-refractivity contribution in [1.82, 2.24) is 4.90 Å². The van der Waals surface area contributed by atoms with Crippen molar-refractivity contribution < 1.29 is 28.3 Å². The van der Waals surface area contributed by atoms with E-state index in [0.717, 1.165) is 27.9 Å². The van der Waals surface area contributed by atoms with Gasteiger partial charge in [-0.25, -0.2) is 0 Å². The molecule has 5 rings (SSSR count). The average Bonchev–Trinajstić information content (AvgIpc) is 3.50. The number of imide groups is 1. The SMILES string of the molecule is CC(=O)c1ccc(-c2ccc(/C=C3/SC(=O)N(CC(=O)Nc4ccccc4N4CCOCC4)C3=O)o2)cc1. The highest BCUT2D eigenvalue weighted by Gasteiger charge is 2.36. The van der Waals surface area contributed by atoms with E-state index in [2.05, 4.69) is 10.2 Å². The van der Waals surface area contributed by atoms with Gasteiger partial charge in [0.1, 0.15) is 18.1 Å². The van der Waals surface area contributed by atoms with E-state index in [0.29, 0.717) is 49.1 Å². The second kappa shape index (κ2) is 11.1. The highest BCUT2D eigenvalue weighted by molar-refractivity contribution is 8.18. The Labute approximate surface area is 223 Å². The van der Waals surface area contributed by atoms with Crippen molar-refractivity contribution >= 4 is 52.0 Å². The van der Waals surface area contributed by atoms with Crippen molar-refractivity contribution in [2.75, 3.05) is 43.1 Å². The van der Waals surface area contributed by atoms with Gasteiger partial charge in [-0.1, -0.05) is 36.4 Å². The molecule has 9 nitrogen and oxygen atoms in total. The largest absolute Gasteiger partial charge is 0.457 e. The third-order valence-corrected chi connectivity index (χ3v) is 7.09. The van der Waals surface area contributed by atoms with Gasteiger partial charge in [-0.05, 0) is 43.0 Å². The Bertz CT molecular complexity index is 1420. The number of morpholine rings is 1. The standard InChI is InChI=1S/C28H25N3O6S/c1-18(32)19-6-8-20(9-7-19)24-11-10-21(37-24)16-25-27(34)31(28(35)38-25)17-26(33)29-22-4-2-3-5-23(22)30-12-14-36-15-13-30/h2-11,16H,12-15,17H2,1H3,(H,29,33)/b25-16+. The number of para-hydroxylation sites is 2. The molecule has 0 bridgehead atoms. The number of Topliss-reactive ketones (excluding diaryl/α,β-unsaturated/α-hetero) is 1. The zero-order chi connectivity index (χ0) is 26.6. The molecule has 3 heterocycles. The van der Waals surface area contributed by atoms with Crippen molar-refractivity contribution in [1.29, 1.82) is 0 Å². The number of anilines is 2. The highest BCUT2D eigenvalue weighted by Crippen LogP contribution is 2.34. The van der Waals surface area contributed by atoms with Gasteiger partial charge in [0.2, 0.25) is 5.91 Å².